The molecule has 0 bridgehead atoms. The van der Waals surface area contributed by atoms with Crippen LogP contribution in [-0.2, 0) is 14.4 Å². The van der Waals surface area contributed by atoms with Gasteiger partial charge in [0.1, 0.15) is 12.3 Å². The molecule has 4 rings (SSSR count). The molecule has 1 aromatic rings. The van der Waals surface area contributed by atoms with Gasteiger partial charge >= 0.3 is 0 Å². The molecule has 7 nitrogen and oxygen atoms in total. The summed E-state index contributed by atoms with van der Waals surface area (Å²) in [6, 6.07) is 7.93. The van der Waals surface area contributed by atoms with E-state index in [0.717, 1.165) is 37.1 Å². The number of nitrogens with zero attached hydrogens (tertiary/aromatic N) is 3. The van der Waals surface area contributed by atoms with E-state index in [0.29, 0.717) is 32.8 Å². The number of fused-ring (bicyclic) bond motifs is 1. The molecule has 0 unspecified atom stereocenters. The van der Waals surface area contributed by atoms with Crippen molar-refractivity contribution in [2.75, 3.05) is 44.2 Å². The molecule has 0 aromatic heterocycles. The van der Waals surface area contributed by atoms with Gasteiger partial charge in [0.2, 0.25) is 17.7 Å². The van der Waals surface area contributed by atoms with E-state index in [9.17, 15) is 14.4 Å². The number of piperazine rings is 1. The van der Waals surface area contributed by atoms with E-state index in [2.05, 4.69) is 4.90 Å². The van der Waals surface area contributed by atoms with Crippen LogP contribution in [0.15, 0.2) is 24.3 Å². The first-order valence-corrected chi connectivity index (χ1v) is 10.7. The Morgan fingerprint density at radius 3 is 2.24 bits per heavy atom. The molecule has 2 aliphatic heterocycles. The Kier molecular flexibility index (Phi) is 5.74. The van der Waals surface area contributed by atoms with Crippen LogP contribution < -0.4 is 9.64 Å². The number of hydrogen-bond acceptors (Lipinski definition) is 5. The molecule has 3 amide bonds. The van der Waals surface area contributed by atoms with Crippen LogP contribution in [0.5, 0.6) is 5.75 Å². The van der Waals surface area contributed by atoms with Gasteiger partial charge in [-0.05, 0) is 31.9 Å². The van der Waals surface area contributed by atoms with Crippen LogP contribution in [0.3, 0.4) is 0 Å². The zero-order valence-electron chi connectivity index (χ0n) is 17.0. The minimum atomic E-state index is -0.198. The van der Waals surface area contributed by atoms with Crippen molar-refractivity contribution in [3.8, 4) is 5.75 Å². The summed E-state index contributed by atoms with van der Waals surface area (Å²) in [5.41, 5.74) is 1.04. The van der Waals surface area contributed by atoms with Crippen molar-refractivity contribution in [1.82, 2.24) is 9.80 Å². The van der Waals surface area contributed by atoms with E-state index in [1.807, 2.05) is 31.2 Å². The van der Waals surface area contributed by atoms with Gasteiger partial charge in [-0.3, -0.25) is 19.3 Å². The SMILES string of the molecule is CCOc1ccccc1N1CCN(C(=O)CN2C(=O)[C@@H]3CCCC[C@H]3C2=O)CC1. The summed E-state index contributed by atoms with van der Waals surface area (Å²) in [7, 11) is 0. The van der Waals surface area contributed by atoms with Gasteiger partial charge in [0.15, 0.2) is 0 Å². The quantitative estimate of drug-likeness (QED) is 0.708. The third-order valence-electron chi connectivity index (χ3n) is 6.36. The first-order chi connectivity index (χ1) is 14.1. The van der Waals surface area contributed by atoms with Gasteiger partial charge < -0.3 is 14.5 Å². The molecule has 2 heterocycles. The van der Waals surface area contributed by atoms with Crippen LogP contribution in [0.25, 0.3) is 0 Å². The van der Waals surface area contributed by atoms with Crippen molar-refractivity contribution in [1.29, 1.82) is 0 Å². The van der Waals surface area contributed by atoms with E-state index >= 15 is 0 Å². The minimum Gasteiger partial charge on any atom is -0.492 e. The molecule has 2 atom stereocenters. The molecular weight excluding hydrogens is 370 g/mol. The van der Waals surface area contributed by atoms with Gasteiger partial charge in [-0.2, -0.15) is 0 Å². The second kappa shape index (κ2) is 8.43. The fraction of sp³-hybridized carbons (Fsp3) is 0.591. The Morgan fingerprint density at radius 1 is 1.00 bits per heavy atom. The largest absolute Gasteiger partial charge is 0.492 e. The highest BCUT2D eigenvalue weighted by Crippen LogP contribution is 2.38. The van der Waals surface area contributed by atoms with Crippen LogP contribution in [0.2, 0.25) is 0 Å². The van der Waals surface area contributed by atoms with Gasteiger partial charge in [-0.25, -0.2) is 0 Å². The summed E-state index contributed by atoms with van der Waals surface area (Å²) in [6.45, 7) is 5.00. The Bertz CT molecular complexity index is 764. The summed E-state index contributed by atoms with van der Waals surface area (Å²) in [6.07, 6.45) is 3.54. The number of rotatable bonds is 5. The molecule has 3 aliphatic rings. The van der Waals surface area contributed by atoms with Crippen LogP contribution in [0, 0.1) is 11.8 Å². The number of likely N-dealkylation sites (tertiary alicyclic amines) is 1. The number of hydrogen-bond donors (Lipinski definition) is 0. The zero-order valence-corrected chi connectivity index (χ0v) is 17.0. The summed E-state index contributed by atoms with van der Waals surface area (Å²) >= 11 is 0. The highest BCUT2D eigenvalue weighted by atomic mass is 16.5. The molecule has 0 radical (unpaired) electrons. The summed E-state index contributed by atoms with van der Waals surface area (Å²) in [5.74, 6) is 0.0373. The first-order valence-electron chi connectivity index (χ1n) is 10.7. The smallest absolute Gasteiger partial charge is 0.242 e. The molecule has 156 valence electrons. The van der Waals surface area contributed by atoms with Gasteiger partial charge in [-0.15, -0.1) is 0 Å². The molecule has 3 fully saturated rings. The van der Waals surface area contributed by atoms with E-state index in [-0.39, 0.29) is 36.1 Å². The molecular formula is C22H29N3O4. The van der Waals surface area contributed by atoms with E-state index in [1.54, 1.807) is 4.90 Å². The predicted octanol–water partition coefficient (Wildman–Crippen LogP) is 1.91. The molecule has 0 N–H and O–H groups in total. The normalized spacial score (nSPS) is 24.7. The Balaban J connectivity index is 1.35. The number of ether oxygens (including phenoxy) is 1. The summed E-state index contributed by atoms with van der Waals surface area (Å²) in [4.78, 5) is 43.2. The van der Waals surface area contributed by atoms with E-state index < -0.39 is 0 Å². The molecule has 2 saturated heterocycles. The van der Waals surface area contributed by atoms with Gasteiger partial charge in [0.05, 0.1) is 24.1 Å². The molecule has 1 aromatic carbocycles. The maximum atomic E-state index is 12.8. The number of carbonyl (C=O) groups excluding carboxylic acids is 3. The van der Waals surface area contributed by atoms with Gasteiger partial charge in [-0.1, -0.05) is 25.0 Å². The molecule has 29 heavy (non-hydrogen) atoms. The molecule has 1 aliphatic carbocycles. The standard InChI is InChI=1S/C22H29N3O4/c1-2-29-19-10-6-5-9-18(19)23-11-13-24(14-12-23)20(26)15-25-21(27)16-7-3-4-8-17(16)22(25)28/h5-6,9-10,16-17H,2-4,7-8,11-15H2,1H3/t16-,17-/m1/s1. The lowest BCUT2D eigenvalue weighted by Gasteiger charge is -2.37. The minimum absolute atomic E-state index is 0.111. The highest BCUT2D eigenvalue weighted by molar-refractivity contribution is 6.07. The summed E-state index contributed by atoms with van der Waals surface area (Å²) in [5, 5.41) is 0. The first kappa shape index (κ1) is 19.7. The lowest BCUT2D eigenvalue weighted by atomic mass is 9.81. The molecule has 0 spiro atoms. The number of amides is 3. The fourth-order valence-corrected chi connectivity index (χ4v) is 4.81. The highest BCUT2D eigenvalue weighted by Gasteiger charge is 2.48. The predicted molar refractivity (Wildman–Crippen MR) is 109 cm³/mol. The van der Waals surface area contributed by atoms with Crippen molar-refractivity contribution < 1.29 is 19.1 Å². The van der Waals surface area contributed by atoms with E-state index in [1.165, 1.54) is 4.90 Å². The van der Waals surface area contributed by atoms with Crippen LogP contribution in [-0.4, -0.2) is 66.9 Å². The topological polar surface area (TPSA) is 70.2 Å². The lowest BCUT2D eigenvalue weighted by Crippen LogP contribution is -2.52. The van der Waals surface area contributed by atoms with Gasteiger partial charge in [0.25, 0.3) is 0 Å². The second-order valence-electron chi connectivity index (χ2n) is 8.03. The van der Waals surface area contributed by atoms with Gasteiger partial charge in [0, 0.05) is 26.2 Å². The number of para-hydroxylation sites is 2. The number of carbonyl (C=O) groups is 3. The lowest BCUT2D eigenvalue weighted by molar-refractivity contribution is -0.146. The summed E-state index contributed by atoms with van der Waals surface area (Å²) < 4.78 is 5.72. The number of anilines is 1. The second-order valence-corrected chi connectivity index (χ2v) is 8.03. The van der Waals surface area contributed by atoms with E-state index in [4.69, 9.17) is 4.74 Å². The van der Waals surface area contributed by atoms with Crippen LogP contribution in [0.1, 0.15) is 32.6 Å². The van der Waals surface area contributed by atoms with Crippen molar-refractivity contribution in [2.45, 2.75) is 32.6 Å². The van der Waals surface area contributed by atoms with Crippen molar-refractivity contribution in [3.05, 3.63) is 24.3 Å². The van der Waals surface area contributed by atoms with Crippen molar-refractivity contribution >= 4 is 23.4 Å². The Labute approximate surface area is 171 Å². The Hall–Kier alpha value is -2.57. The molecule has 1 saturated carbocycles. The fourth-order valence-electron chi connectivity index (χ4n) is 4.81. The third kappa shape index (κ3) is 3.82. The van der Waals surface area contributed by atoms with Crippen molar-refractivity contribution in [2.24, 2.45) is 11.8 Å². The van der Waals surface area contributed by atoms with Crippen LogP contribution >= 0.6 is 0 Å². The zero-order chi connectivity index (χ0) is 20.4. The maximum absolute atomic E-state index is 12.8. The monoisotopic (exact) mass is 399 g/mol. The third-order valence-corrected chi connectivity index (χ3v) is 6.36. The van der Waals surface area contributed by atoms with Crippen molar-refractivity contribution in [3.63, 3.8) is 0 Å². The molecule has 7 heteroatoms. The Morgan fingerprint density at radius 2 is 1.62 bits per heavy atom. The number of benzene rings is 1. The average molecular weight is 399 g/mol. The number of imide groups is 1. The average Bonchev–Trinajstić information content (AvgIpc) is 3.00. The maximum Gasteiger partial charge on any atom is 0.242 e. The van der Waals surface area contributed by atoms with Crippen LogP contribution in [0.4, 0.5) is 5.69 Å².